The molecule has 1 fully saturated rings. The summed E-state index contributed by atoms with van der Waals surface area (Å²) in [5, 5.41) is 0. The number of hydrogen-bond acceptors (Lipinski definition) is 5. The number of esters is 1. The summed E-state index contributed by atoms with van der Waals surface area (Å²) in [7, 11) is 0. The normalized spacial score (nSPS) is 22.1. The highest BCUT2D eigenvalue weighted by molar-refractivity contribution is 5.98. The van der Waals surface area contributed by atoms with Crippen molar-refractivity contribution in [2.75, 3.05) is 37.7 Å². The molecular weight excluding hydrogens is 348 g/mol. The molecule has 0 aliphatic carbocycles. The molecule has 2 aliphatic rings. The topological polar surface area (TPSA) is 76.2 Å². The molecule has 2 amide bonds. The molecule has 0 spiro atoms. The fraction of sp³-hybridized carbons (Fsp3) is 0.550. The van der Waals surface area contributed by atoms with Crippen molar-refractivity contribution >= 4 is 23.5 Å². The third-order valence-electron chi connectivity index (χ3n) is 4.93. The lowest BCUT2D eigenvalue weighted by Gasteiger charge is -2.34. The van der Waals surface area contributed by atoms with E-state index in [4.69, 9.17) is 9.47 Å². The summed E-state index contributed by atoms with van der Waals surface area (Å²) < 4.78 is 10.5. The second-order valence-electron chi connectivity index (χ2n) is 7.46. The minimum Gasteiger partial charge on any atom is -0.482 e. The summed E-state index contributed by atoms with van der Waals surface area (Å²) >= 11 is 0. The number of rotatable bonds is 5. The zero-order chi connectivity index (χ0) is 19.4. The lowest BCUT2D eigenvalue weighted by atomic mass is 9.92. The molecule has 2 aliphatic heterocycles. The Morgan fingerprint density at radius 3 is 2.63 bits per heavy atom. The monoisotopic (exact) mass is 374 g/mol. The molecular formula is C20H26N2O5. The number of anilines is 1. The third-order valence-corrected chi connectivity index (χ3v) is 4.93. The van der Waals surface area contributed by atoms with E-state index in [1.807, 2.05) is 12.1 Å². The number of fused-ring (bicyclic) bond motifs is 1. The van der Waals surface area contributed by atoms with Crippen molar-refractivity contribution < 1.29 is 23.9 Å². The fourth-order valence-corrected chi connectivity index (χ4v) is 3.77. The third kappa shape index (κ3) is 4.78. The van der Waals surface area contributed by atoms with Gasteiger partial charge < -0.3 is 19.3 Å². The molecule has 146 valence electrons. The summed E-state index contributed by atoms with van der Waals surface area (Å²) in [6, 6.07) is 7.20. The van der Waals surface area contributed by atoms with Crippen molar-refractivity contribution in [3.8, 4) is 5.75 Å². The highest BCUT2D eigenvalue weighted by Crippen LogP contribution is 2.31. The van der Waals surface area contributed by atoms with Gasteiger partial charge in [-0.2, -0.15) is 0 Å². The molecule has 0 bridgehead atoms. The average Bonchev–Trinajstić information content (AvgIpc) is 2.64. The van der Waals surface area contributed by atoms with Crippen LogP contribution in [0.1, 0.15) is 26.7 Å². The molecule has 27 heavy (non-hydrogen) atoms. The molecule has 0 unspecified atom stereocenters. The van der Waals surface area contributed by atoms with Gasteiger partial charge in [0.25, 0.3) is 11.8 Å². The van der Waals surface area contributed by atoms with Gasteiger partial charge in [-0.3, -0.25) is 14.4 Å². The first kappa shape index (κ1) is 19.2. The highest BCUT2D eigenvalue weighted by Gasteiger charge is 2.27. The van der Waals surface area contributed by atoms with Crippen molar-refractivity contribution in [1.29, 1.82) is 0 Å². The molecule has 2 atom stereocenters. The molecule has 1 aromatic rings. The quantitative estimate of drug-likeness (QED) is 0.735. The van der Waals surface area contributed by atoms with E-state index in [-0.39, 0.29) is 38.0 Å². The van der Waals surface area contributed by atoms with Gasteiger partial charge in [-0.15, -0.1) is 0 Å². The smallest absolute Gasteiger partial charge is 0.308 e. The number of likely N-dealkylation sites (tertiary alicyclic amines) is 1. The molecule has 0 saturated carbocycles. The Hall–Kier alpha value is -2.57. The van der Waals surface area contributed by atoms with E-state index in [0.717, 1.165) is 6.42 Å². The first-order valence-corrected chi connectivity index (χ1v) is 9.39. The first-order valence-electron chi connectivity index (χ1n) is 9.39. The van der Waals surface area contributed by atoms with Crippen LogP contribution < -0.4 is 9.64 Å². The van der Waals surface area contributed by atoms with Crippen LogP contribution in [0.2, 0.25) is 0 Å². The van der Waals surface area contributed by atoms with Crippen LogP contribution in [0.4, 0.5) is 5.69 Å². The number of ether oxygens (including phenoxy) is 2. The number of hydrogen-bond donors (Lipinski definition) is 0. The predicted molar refractivity (Wildman–Crippen MR) is 99.4 cm³/mol. The van der Waals surface area contributed by atoms with Crippen LogP contribution in [0.25, 0.3) is 0 Å². The molecule has 1 saturated heterocycles. The number of benzene rings is 1. The molecule has 1 aromatic carbocycles. The van der Waals surface area contributed by atoms with Gasteiger partial charge >= 0.3 is 5.97 Å². The minimum atomic E-state index is -0.488. The van der Waals surface area contributed by atoms with Crippen molar-refractivity contribution in [2.45, 2.75) is 26.7 Å². The van der Waals surface area contributed by atoms with Gasteiger partial charge in [0.15, 0.2) is 13.2 Å². The lowest BCUT2D eigenvalue weighted by Crippen LogP contribution is -2.44. The summed E-state index contributed by atoms with van der Waals surface area (Å²) in [5.74, 6) is 0.692. The SMILES string of the molecule is C[C@H]1C[C@H](C)CN(C(=O)COC(=O)CCN2C(=O)COc3ccccc32)C1. The van der Waals surface area contributed by atoms with Crippen LogP contribution in [0.3, 0.4) is 0 Å². The van der Waals surface area contributed by atoms with Crippen LogP contribution in [0.5, 0.6) is 5.75 Å². The van der Waals surface area contributed by atoms with Crippen molar-refractivity contribution in [1.82, 2.24) is 4.90 Å². The Bertz CT molecular complexity index is 710. The summed E-state index contributed by atoms with van der Waals surface area (Å²) in [4.78, 5) is 39.7. The van der Waals surface area contributed by atoms with Crippen molar-refractivity contribution in [2.24, 2.45) is 11.8 Å². The average molecular weight is 374 g/mol. The Balaban J connectivity index is 1.47. The molecule has 2 heterocycles. The van der Waals surface area contributed by atoms with E-state index >= 15 is 0 Å². The Kier molecular flexibility index (Phi) is 5.98. The van der Waals surface area contributed by atoms with Gasteiger partial charge in [-0.1, -0.05) is 26.0 Å². The van der Waals surface area contributed by atoms with E-state index in [2.05, 4.69) is 13.8 Å². The van der Waals surface area contributed by atoms with Gasteiger partial charge in [0, 0.05) is 19.6 Å². The standard InChI is InChI=1S/C20H26N2O5/c1-14-9-15(2)11-21(10-14)18(23)12-27-20(25)7-8-22-16-5-3-4-6-17(16)26-13-19(22)24/h3-6,14-15H,7-13H2,1-2H3/t14-,15-/m0/s1. The lowest BCUT2D eigenvalue weighted by molar-refractivity contribution is -0.153. The largest absolute Gasteiger partial charge is 0.482 e. The number of nitrogens with zero attached hydrogens (tertiary/aromatic N) is 2. The number of piperidine rings is 1. The van der Waals surface area contributed by atoms with Crippen LogP contribution in [-0.4, -0.2) is 55.5 Å². The summed E-state index contributed by atoms with van der Waals surface area (Å²) in [6.07, 6.45) is 1.14. The zero-order valence-corrected chi connectivity index (χ0v) is 15.8. The maximum Gasteiger partial charge on any atom is 0.308 e. The van der Waals surface area contributed by atoms with Crippen LogP contribution in [-0.2, 0) is 19.1 Å². The van der Waals surface area contributed by atoms with E-state index < -0.39 is 5.97 Å². The Morgan fingerprint density at radius 1 is 1.19 bits per heavy atom. The molecule has 0 radical (unpaired) electrons. The molecule has 7 heteroatoms. The van der Waals surface area contributed by atoms with Crippen molar-refractivity contribution in [3.63, 3.8) is 0 Å². The van der Waals surface area contributed by atoms with E-state index in [0.29, 0.717) is 36.4 Å². The van der Waals surface area contributed by atoms with Gasteiger partial charge in [0.2, 0.25) is 0 Å². The van der Waals surface area contributed by atoms with Gasteiger partial charge in [-0.05, 0) is 30.4 Å². The number of carbonyl (C=O) groups is 3. The second kappa shape index (κ2) is 8.41. The highest BCUT2D eigenvalue weighted by atomic mass is 16.5. The molecule has 7 nitrogen and oxygen atoms in total. The summed E-state index contributed by atoms with van der Waals surface area (Å²) in [6.45, 7) is 5.57. The fourth-order valence-electron chi connectivity index (χ4n) is 3.77. The van der Waals surface area contributed by atoms with Crippen LogP contribution >= 0.6 is 0 Å². The minimum absolute atomic E-state index is 0.0279. The van der Waals surface area contributed by atoms with Gasteiger partial charge in [0.1, 0.15) is 5.75 Å². The van der Waals surface area contributed by atoms with Crippen molar-refractivity contribution in [3.05, 3.63) is 24.3 Å². The molecule has 3 rings (SSSR count). The molecule has 0 aromatic heterocycles. The van der Waals surface area contributed by atoms with Crippen LogP contribution in [0, 0.1) is 11.8 Å². The van der Waals surface area contributed by atoms with Crippen LogP contribution in [0.15, 0.2) is 24.3 Å². The van der Waals surface area contributed by atoms with E-state index in [1.54, 1.807) is 17.0 Å². The number of amides is 2. The summed E-state index contributed by atoms with van der Waals surface area (Å²) in [5.41, 5.74) is 0.647. The Labute approximate surface area is 159 Å². The van der Waals surface area contributed by atoms with E-state index in [9.17, 15) is 14.4 Å². The van der Waals surface area contributed by atoms with E-state index in [1.165, 1.54) is 4.90 Å². The molecule has 0 N–H and O–H groups in total. The number of carbonyl (C=O) groups excluding carboxylic acids is 3. The Morgan fingerprint density at radius 2 is 1.89 bits per heavy atom. The van der Waals surface area contributed by atoms with Gasteiger partial charge in [0.05, 0.1) is 12.1 Å². The predicted octanol–water partition coefficient (Wildman–Crippen LogP) is 1.85. The zero-order valence-electron chi connectivity index (χ0n) is 15.8. The van der Waals surface area contributed by atoms with Gasteiger partial charge in [-0.25, -0.2) is 0 Å². The first-order chi connectivity index (χ1) is 12.9. The second-order valence-corrected chi connectivity index (χ2v) is 7.46. The maximum atomic E-state index is 12.3. The number of para-hydroxylation sites is 2. The maximum absolute atomic E-state index is 12.3.